The van der Waals surface area contributed by atoms with E-state index in [9.17, 15) is 0 Å². The van der Waals surface area contributed by atoms with Gasteiger partial charge in [-0.15, -0.1) is 24.0 Å². The molecule has 3 atom stereocenters. The second kappa shape index (κ2) is 11.8. The van der Waals surface area contributed by atoms with Crippen molar-refractivity contribution in [1.82, 2.24) is 15.5 Å². The topological polar surface area (TPSA) is 48.9 Å². The highest BCUT2D eigenvalue weighted by atomic mass is 127. The van der Waals surface area contributed by atoms with Crippen molar-refractivity contribution in [2.45, 2.75) is 52.7 Å². The van der Waals surface area contributed by atoms with Gasteiger partial charge >= 0.3 is 0 Å². The highest BCUT2D eigenvalue weighted by Gasteiger charge is 2.23. The van der Waals surface area contributed by atoms with Crippen LogP contribution in [0, 0.1) is 6.92 Å². The zero-order chi connectivity index (χ0) is 18.2. The molecule has 2 rings (SSSR count). The average molecular weight is 474 g/mol. The van der Waals surface area contributed by atoms with E-state index in [1.54, 1.807) is 0 Å². The van der Waals surface area contributed by atoms with Crippen molar-refractivity contribution < 1.29 is 4.74 Å². The van der Waals surface area contributed by atoms with Crippen LogP contribution in [-0.4, -0.2) is 55.8 Å². The number of hydrogen-bond acceptors (Lipinski definition) is 3. The molecule has 0 saturated carbocycles. The predicted octanol–water partition coefficient (Wildman–Crippen LogP) is 3.34. The Labute approximate surface area is 176 Å². The molecule has 6 heteroatoms. The molecule has 1 aromatic rings. The van der Waals surface area contributed by atoms with Crippen molar-refractivity contribution in [1.29, 1.82) is 0 Å². The van der Waals surface area contributed by atoms with E-state index in [0.29, 0.717) is 12.1 Å². The van der Waals surface area contributed by atoms with E-state index < -0.39 is 0 Å². The lowest BCUT2D eigenvalue weighted by molar-refractivity contribution is -0.0165. The van der Waals surface area contributed by atoms with Gasteiger partial charge in [-0.3, -0.25) is 9.89 Å². The molecule has 0 spiro atoms. The molecule has 1 heterocycles. The van der Waals surface area contributed by atoms with Crippen molar-refractivity contribution >= 4 is 29.9 Å². The van der Waals surface area contributed by atoms with Crippen molar-refractivity contribution in [2.75, 3.05) is 32.8 Å². The van der Waals surface area contributed by atoms with Gasteiger partial charge in [-0.25, -0.2) is 0 Å². The summed E-state index contributed by atoms with van der Waals surface area (Å²) in [6, 6.07) is 9.58. The van der Waals surface area contributed by atoms with Crippen molar-refractivity contribution in [3.63, 3.8) is 0 Å². The van der Waals surface area contributed by atoms with Gasteiger partial charge in [0.15, 0.2) is 5.96 Å². The van der Waals surface area contributed by atoms with Crippen LogP contribution in [0.5, 0.6) is 0 Å². The molecule has 148 valence electrons. The third-order valence-electron chi connectivity index (χ3n) is 4.85. The highest BCUT2D eigenvalue weighted by Crippen LogP contribution is 2.16. The van der Waals surface area contributed by atoms with Crippen LogP contribution in [0.1, 0.15) is 44.9 Å². The minimum absolute atomic E-state index is 0. The minimum atomic E-state index is 0. The molecule has 0 amide bonds. The highest BCUT2D eigenvalue weighted by molar-refractivity contribution is 14.0. The van der Waals surface area contributed by atoms with Gasteiger partial charge in [0, 0.05) is 25.2 Å². The lowest BCUT2D eigenvalue weighted by atomic mass is 10.0. The molecule has 2 N–H and O–H groups in total. The Bertz CT molecular complexity index is 566. The van der Waals surface area contributed by atoms with E-state index in [4.69, 9.17) is 9.73 Å². The molecule has 3 unspecified atom stereocenters. The van der Waals surface area contributed by atoms with Crippen molar-refractivity contribution in [3.05, 3.63) is 35.4 Å². The summed E-state index contributed by atoms with van der Waals surface area (Å²) in [7, 11) is 0. The van der Waals surface area contributed by atoms with Gasteiger partial charge in [-0.05, 0) is 45.7 Å². The first-order valence-corrected chi connectivity index (χ1v) is 9.46. The molecular formula is C20H35IN4O. The summed E-state index contributed by atoms with van der Waals surface area (Å²) in [6.45, 7) is 15.2. The molecule has 1 fully saturated rings. The molecule has 1 saturated heterocycles. The molecule has 5 nitrogen and oxygen atoms in total. The van der Waals surface area contributed by atoms with E-state index in [1.165, 1.54) is 11.1 Å². The number of nitrogens with zero attached hydrogens (tertiary/aromatic N) is 2. The second-order valence-corrected chi connectivity index (χ2v) is 6.95. The summed E-state index contributed by atoms with van der Waals surface area (Å²) in [4.78, 5) is 7.32. The quantitative estimate of drug-likeness (QED) is 0.377. The van der Waals surface area contributed by atoms with Crippen molar-refractivity contribution in [3.8, 4) is 0 Å². The van der Waals surface area contributed by atoms with E-state index in [1.807, 2.05) is 0 Å². The van der Waals surface area contributed by atoms with Crippen molar-refractivity contribution in [2.24, 2.45) is 4.99 Å². The van der Waals surface area contributed by atoms with Gasteiger partial charge in [0.25, 0.3) is 0 Å². The first-order valence-electron chi connectivity index (χ1n) is 9.46. The predicted molar refractivity (Wildman–Crippen MR) is 121 cm³/mol. The molecule has 0 bridgehead atoms. The summed E-state index contributed by atoms with van der Waals surface area (Å²) < 4.78 is 5.54. The average Bonchev–Trinajstić information content (AvgIpc) is 2.60. The molecule has 1 aliphatic heterocycles. The van der Waals surface area contributed by atoms with Crippen LogP contribution in [-0.2, 0) is 4.74 Å². The van der Waals surface area contributed by atoms with Gasteiger partial charge < -0.3 is 15.4 Å². The number of rotatable bonds is 6. The van der Waals surface area contributed by atoms with Gasteiger partial charge in [0.05, 0.1) is 25.8 Å². The number of ether oxygens (including phenoxy) is 1. The zero-order valence-corrected chi connectivity index (χ0v) is 19.1. The third kappa shape index (κ3) is 6.70. The van der Waals surface area contributed by atoms with Crippen LogP contribution in [0.2, 0.25) is 0 Å². The fourth-order valence-corrected chi connectivity index (χ4v) is 3.40. The van der Waals surface area contributed by atoms with E-state index in [0.717, 1.165) is 38.8 Å². The van der Waals surface area contributed by atoms with Gasteiger partial charge in [0.1, 0.15) is 0 Å². The van der Waals surface area contributed by atoms with E-state index in [2.05, 4.69) is 74.4 Å². The number of aliphatic imine (C=N–C) groups is 1. The Hall–Kier alpha value is -0.860. The van der Waals surface area contributed by atoms with Gasteiger partial charge in [-0.1, -0.05) is 24.3 Å². The van der Waals surface area contributed by atoms with E-state index >= 15 is 0 Å². The van der Waals surface area contributed by atoms with Crippen LogP contribution in [0.3, 0.4) is 0 Å². The maximum atomic E-state index is 5.54. The Kier molecular flexibility index (Phi) is 10.5. The summed E-state index contributed by atoms with van der Waals surface area (Å²) in [5.74, 6) is 0.881. The Morgan fingerprint density at radius 1 is 1.35 bits per heavy atom. The standard InChI is InChI=1S/C20H34N4O.HI/c1-6-21-20(23-18(5)19-10-8-7-9-15(19)2)22-13-16(3)24-11-12-25-14-17(24)4;/h7-10,16-18H,6,11-14H2,1-5H3,(H2,21,22,23);1H. The SMILES string of the molecule is CCNC(=NCC(C)N1CCOCC1C)NC(C)c1ccccc1C.I. The maximum absolute atomic E-state index is 5.54. The van der Waals surface area contributed by atoms with Gasteiger partial charge in [-0.2, -0.15) is 0 Å². The molecule has 0 aromatic heterocycles. The summed E-state index contributed by atoms with van der Waals surface area (Å²) in [5.41, 5.74) is 2.61. The lowest BCUT2D eigenvalue weighted by Gasteiger charge is -2.37. The fourth-order valence-electron chi connectivity index (χ4n) is 3.40. The third-order valence-corrected chi connectivity index (χ3v) is 4.85. The molecule has 1 aromatic carbocycles. The van der Waals surface area contributed by atoms with Crippen LogP contribution in [0.4, 0.5) is 0 Å². The Morgan fingerprint density at radius 2 is 2.08 bits per heavy atom. The first-order chi connectivity index (χ1) is 12.0. The molecular weight excluding hydrogens is 439 g/mol. The lowest BCUT2D eigenvalue weighted by Crippen LogP contribution is -2.49. The number of guanidine groups is 1. The normalized spacial score (nSPS) is 20.8. The second-order valence-electron chi connectivity index (χ2n) is 6.95. The molecule has 26 heavy (non-hydrogen) atoms. The summed E-state index contributed by atoms with van der Waals surface area (Å²) in [5, 5.41) is 6.91. The van der Waals surface area contributed by atoms with Crippen LogP contribution in [0.25, 0.3) is 0 Å². The first kappa shape index (κ1) is 23.2. The summed E-state index contributed by atoms with van der Waals surface area (Å²) in [6.07, 6.45) is 0. The van der Waals surface area contributed by atoms with Crippen LogP contribution in [0.15, 0.2) is 29.3 Å². The smallest absolute Gasteiger partial charge is 0.191 e. The summed E-state index contributed by atoms with van der Waals surface area (Å²) >= 11 is 0. The van der Waals surface area contributed by atoms with Crippen LogP contribution < -0.4 is 10.6 Å². The Balaban J connectivity index is 0.00000338. The van der Waals surface area contributed by atoms with Gasteiger partial charge in [0.2, 0.25) is 0 Å². The zero-order valence-electron chi connectivity index (χ0n) is 16.8. The van der Waals surface area contributed by atoms with E-state index in [-0.39, 0.29) is 30.0 Å². The molecule has 0 aliphatic carbocycles. The number of aryl methyl sites for hydroxylation is 1. The maximum Gasteiger partial charge on any atom is 0.191 e. The number of benzene rings is 1. The number of morpholine rings is 1. The Morgan fingerprint density at radius 3 is 2.73 bits per heavy atom. The number of hydrogen-bond donors (Lipinski definition) is 2. The number of halogens is 1. The number of nitrogens with one attached hydrogen (secondary N) is 2. The van der Waals surface area contributed by atoms with Crippen LogP contribution >= 0.6 is 24.0 Å². The minimum Gasteiger partial charge on any atom is -0.379 e. The molecule has 1 aliphatic rings. The largest absolute Gasteiger partial charge is 0.379 e. The molecule has 0 radical (unpaired) electrons. The fraction of sp³-hybridized carbons (Fsp3) is 0.650. The monoisotopic (exact) mass is 474 g/mol.